The fourth-order valence-corrected chi connectivity index (χ4v) is 2.84. The van der Waals surface area contributed by atoms with Crippen molar-refractivity contribution in [3.8, 4) is 0 Å². The lowest BCUT2D eigenvalue weighted by atomic mass is 10.1. The van der Waals surface area contributed by atoms with E-state index in [0.29, 0.717) is 26.4 Å². The molecule has 1 fully saturated rings. The molecule has 140 valence electrons. The van der Waals surface area contributed by atoms with Crippen LogP contribution in [0.2, 0.25) is 0 Å². The molecule has 0 saturated carbocycles. The summed E-state index contributed by atoms with van der Waals surface area (Å²) < 4.78 is 30.2. The lowest BCUT2D eigenvalue weighted by Gasteiger charge is -2.17. The Balaban J connectivity index is 1.34. The quantitative estimate of drug-likeness (QED) is 0.779. The third-order valence-electron chi connectivity index (χ3n) is 4.47. The fourth-order valence-electron chi connectivity index (χ4n) is 2.84. The van der Waals surface area contributed by atoms with Gasteiger partial charge in [-0.2, -0.15) is 0 Å². The predicted molar refractivity (Wildman–Crippen MR) is 98.3 cm³/mol. The minimum Gasteiger partial charge on any atom is -0.374 e. The van der Waals surface area contributed by atoms with Crippen molar-refractivity contribution in [2.24, 2.45) is 0 Å². The van der Waals surface area contributed by atoms with Gasteiger partial charge in [0.05, 0.1) is 19.8 Å². The highest BCUT2D eigenvalue weighted by Gasteiger charge is 2.26. The molecule has 0 aliphatic carbocycles. The van der Waals surface area contributed by atoms with Crippen molar-refractivity contribution in [2.45, 2.75) is 38.9 Å². The van der Waals surface area contributed by atoms with Crippen LogP contribution in [0, 0.1) is 12.7 Å². The van der Waals surface area contributed by atoms with Crippen LogP contribution in [0.3, 0.4) is 0 Å². The average molecular weight is 359 g/mol. The highest BCUT2D eigenvalue weighted by atomic mass is 19.1. The van der Waals surface area contributed by atoms with Crippen molar-refractivity contribution in [2.75, 3.05) is 19.8 Å². The highest BCUT2D eigenvalue weighted by molar-refractivity contribution is 5.20. The molecule has 2 aromatic rings. The largest absolute Gasteiger partial charge is 0.374 e. The molecule has 1 aliphatic heterocycles. The van der Waals surface area contributed by atoms with Gasteiger partial charge in [0.25, 0.3) is 0 Å². The van der Waals surface area contributed by atoms with E-state index in [1.807, 2.05) is 6.92 Å². The molecule has 0 amide bonds. The van der Waals surface area contributed by atoms with Crippen LogP contribution < -0.4 is 5.32 Å². The summed E-state index contributed by atoms with van der Waals surface area (Å²) in [4.78, 5) is 0. The topological polar surface area (TPSA) is 39.7 Å². The second kappa shape index (κ2) is 9.24. The van der Waals surface area contributed by atoms with Gasteiger partial charge in [0, 0.05) is 12.6 Å². The van der Waals surface area contributed by atoms with Crippen LogP contribution in [-0.2, 0) is 20.8 Å². The van der Waals surface area contributed by atoms with E-state index in [-0.39, 0.29) is 24.3 Å². The number of nitrogens with one attached hydrogen (secondary N) is 1. The molecule has 1 saturated heterocycles. The fraction of sp³-hybridized carbons (Fsp3) is 0.429. The highest BCUT2D eigenvalue weighted by Crippen LogP contribution is 2.16. The Bertz CT molecular complexity index is 675. The van der Waals surface area contributed by atoms with E-state index in [1.54, 1.807) is 12.1 Å². The summed E-state index contributed by atoms with van der Waals surface area (Å²) >= 11 is 0. The molecule has 4 nitrogen and oxygen atoms in total. The van der Waals surface area contributed by atoms with Crippen LogP contribution in [-0.4, -0.2) is 32.2 Å². The van der Waals surface area contributed by atoms with Crippen LogP contribution in [0.5, 0.6) is 0 Å². The van der Waals surface area contributed by atoms with Crippen LogP contribution in [0.25, 0.3) is 0 Å². The van der Waals surface area contributed by atoms with Crippen LogP contribution in [0.4, 0.5) is 4.39 Å². The number of hydrogen-bond acceptors (Lipinski definition) is 4. The van der Waals surface area contributed by atoms with Gasteiger partial charge < -0.3 is 19.5 Å². The third kappa shape index (κ3) is 5.61. The van der Waals surface area contributed by atoms with Gasteiger partial charge in [-0.25, -0.2) is 4.39 Å². The Kier molecular flexibility index (Phi) is 6.74. The lowest BCUT2D eigenvalue weighted by molar-refractivity contribution is -0.0709. The Morgan fingerprint density at radius 2 is 1.88 bits per heavy atom. The first kappa shape index (κ1) is 19.0. The molecule has 0 spiro atoms. The molecule has 2 unspecified atom stereocenters. The van der Waals surface area contributed by atoms with Crippen molar-refractivity contribution in [3.63, 3.8) is 0 Å². The van der Waals surface area contributed by atoms with E-state index in [9.17, 15) is 4.39 Å². The zero-order valence-electron chi connectivity index (χ0n) is 15.3. The first-order valence-electron chi connectivity index (χ1n) is 8.99. The normalized spacial score (nSPS) is 21.0. The van der Waals surface area contributed by atoms with Gasteiger partial charge in [-0.15, -0.1) is 0 Å². The van der Waals surface area contributed by atoms with E-state index in [1.165, 1.54) is 17.7 Å². The van der Waals surface area contributed by atoms with E-state index in [2.05, 4.69) is 36.5 Å². The number of benzene rings is 2. The SMILES string of the molecule is Cc1ccc(COCC2COC(CN[C@H](C)c3ccc(F)cc3)O2)cc1. The van der Waals surface area contributed by atoms with Crippen molar-refractivity contribution in [1.82, 2.24) is 5.32 Å². The molecule has 3 rings (SSSR count). The van der Waals surface area contributed by atoms with Gasteiger partial charge in [-0.05, 0) is 37.1 Å². The molecule has 2 aromatic carbocycles. The Labute approximate surface area is 154 Å². The molecule has 1 N–H and O–H groups in total. The molecule has 0 aromatic heterocycles. The maximum Gasteiger partial charge on any atom is 0.170 e. The van der Waals surface area contributed by atoms with Gasteiger partial charge in [-0.3, -0.25) is 0 Å². The molecule has 5 heteroatoms. The minimum absolute atomic E-state index is 0.0478. The molecule has 26 heavy (non-hydrogen) atoms. The summed E-state index contributed by atoms with van der Waals surface area (Å²) in [6.07, 6.45) is -0.334. The van der Waals surface area contributed by atoms with Crippen molar-refractivity contribution in [1.29, 1.82) is 0 Å². The third-order valence-corrected chi connectivity index (χ3v) is 4.47. The molecule has 3 atom stereocenters. The van der Waals surface area contributed by atoms with E-state index in [0.717, 1.165) is 11.1 Å². The van der Waals surface area contributed by atoms with Crippen LogP contribution >= 0.6 is 0 Å². The molecule has 1 aliphatic rings. The molecule has 0 bridgehead atoms. The standard InChI is InChI=1S/C21H26FNO3/c1-15-3-5-17(6-4-15)12-24-13-20-14-25-21(26-20)11-23-16(2)18-7-9-19(22)10-8-18/h3-10,16,20-21,23H,11-14H2,1-2H3/t16-,20?,21?/m1/s1. The number of rotatable bonds is 8. The molecule has 0 radical (unpaired) electrons. The van der Waals surface area contributed by atoms with Crippen LogP contribution in [0.1, 0.15) is 29.7 Å². The van der Waals surface area contributed by atoms with Crippen molar-refractivity contribution in [3.05, 3.63) is 71.0 Å². The second-order valence-corrected chi connectivity index (χ2v) is 6.70. The van der Waals surface area contributed by atoms with Crippen molar-refractivity contribution < 1.29 is 18.6 Å². The van der Waals surface area contributed by atoms with Gasteiger partial charge in [0.15, 0.2) is 6.29 Å². The molecule has 1 heterocycles. The maximum atomic E-state index is 13.0. The summed E-state index contributed by atoms with van der Waals surface area (Å²) in [7, 11) is 0. The van der Waals surface area contributed by atoms with Gasteiger partial charge in [0.1, 0.15) is 11.9 Å². The first-order valence-corrected chi connectivity index (χ1v) is 8.99. The monoisotopic (exact) mass is 359 g/mol. The summed E-state index contributed by atoms with van der Waals surface area (Å²) in [5, 5.41) is 3.35. The predicted octanol–water partition coefficient (Wildman–Crippen LogP) is 3.74. The van der Waals surface area contributed by atoms with Gasteiger partial charge >= 0.3 is 0 Å². The summed E-state index contributed by atoms with van der Waals surface area (Å²) in [6.45, 7) is 6.30. The maximum absolute atomic E-state index is 13.0. The Hall–Kier alpha value is -1.79. The average Bonchev–Trinajstić information content (AvgIpc) is 3.10. The molecular formula is C21H26FNO3. The molecular weight excluding hydrogens is 333 g/mol. The Morgan fingerprint density at radius 1 is 1.15 bits per heavy atom. The smallest absolute Gasteiger partial charge is 0.170 e. The zero-order chi connectivity index (χ0) is 18.4. The zero-order valence-corrected chi connectivity index (χ0v) is 15.3. The lowest BCUT2D eigenvalue weighted by Crippen LogP contribution is -2.30. The number of ether oxygens (including phenoxy) is 3. The van der Waals surface area contributed by atoms with Gasteiger partial charge in [0.2, 0.25) is 0 Å². The Morgan fingerprint density at radius 3 is 2.62 bits per heavy atom. The van der Waals surface area contributed by atoms with Crippen molar-refractivity contribution >= 4 is 0 Å². The summed E-state index contributed by atoms with van der Waals surface area (Å²) in [6, 6.07) is 14.9. The number of hydrogen-bond donors (Lipinski definition) is 1. The minimum atomic E-state index is -0.286. The number of halogens is 1. The second-order valence-electron chi connectivity index (χ2n) is 6.70. The van der Waals surface area contributed by atoms with Crippen LogP contribution in [0.15, 0.2) is 48.5 Å². The first-order chi connectivity index (χ1) is 12.6. The van der Waals surface area contributed by atoms with E-state index in [4.69, 9.17) is 14.2 Å². The summed E-state index contributed by atoms with van der Waals surface area (Å²) in [5.74, 6) is -0.225. The summed E-state index contributed by atoms with van der Waals surface area (Å²) in [5.41, 5.74) is 3.43. The van der Waals surface area contributed by atoms with E-state index < -0.39 is 0 Å². The number of aryl methyl sites for hydroxylation is 1. The van der Waals surface area contributed by atoms with E-state index >= 15 is 0 Å². The van der Waals surface area contributed by atoms with Gasteiger partial charge in [-0.1, -0.05) is 42.0 Å².